The molecule has 1 saturated heterocycles. The van der Waals surface area contributed by atoms with E-state index in [-0.39, 0.29) is 17.9 Å². The fraction of sp³-hybridized carbons (Fsp3) is 1.00. The Hall–Kier alpha value is -0.160. The normalized spacial score (nSPS) is 35.3. The second-order valence-electron chi connectivity index (χ2n) is 2.09. The molecular formula is C5H11NO3. The van der Waals surface area contributed by atoms with Gasteiger partial charge in [0, 0.05) is 6.42 Å². The summed E-state index contributed by atoms with van der Waals surface area (Å²) < 4.78 is 5.00. The Kier molecular flexibility index (Phi) is 2.41. The minimum atomic E-state index is -0.310. The molecule has 9 heavy (non-hydrogen) atoms. The summed E-state index contributed by atoms with van der Waals surface area (Å²) >= 11 is 0. The van der Waals surface area contributed by atoms with Crippen molar-refractivity contribution in [3.8, 4) is 0 Å². The van der Waals surface area contributed by atoms with E-state index in [4.69, 9.17) is 9.84 Å². The second-order valence-corrected chi connectivity index (χ2v) is 2.09. The van der Waals surface area contributed by atoms with Gasteiger partial charge in [-0.05, 0) is 0 Å². The first kappa shape index (κ1) is 6.95. The van der Waals surface area contributed by atoms with Crippen LogP contribution in [0.5, 0.6) is 0 Å². The number of rotatable bonds is 2. The van der Waals surface area contributed by atoms with E-state index in [1.54, 1.807) is 0 Å². The molecule has 0 aliphatic carbocycles. The van der Waals surface area contributed by atoms with Crippen LogP contribution in [-0.2, 0) is 4.74 Å². The van der Waals surface area contributed by atoms with Gasteiger partial charge < -0.3 is 20.1 Å². The third kappa shape index (κ3) is 1.62. The predicted molar refractivity (Wildman–Crippen MR) is 30.6 cm³/mol. The van der Waals surface area contributed by atoms with Gasteiger partial charge in [-0.1, -0.05) is 0 Å². The van der Waals surface area contributed by atoms with Crippen molar-refractivity contribution in [3.63, 3.8) is 0 Å². The summed E-state index contributed by atoms with van der Waals surface area (Å²) in [5, 5.41) is 19.3. The first-order valence-corrected chi connectivity index (χ1v) is 3.10. The van der Waals surface area contributed by atoms with Gasteiger partial charge in [0.2, 0.25) is 0 Å². The van der Waals surface area contributed by atoms with Gasteiger partial charge in [-0.25, -0.2) is 0 Å². The highest BCUT2D eigenvalue weighted by Gasteiger charge is 2.21. The van der Waals surface area contributed by atoms with E-state index in [9.17, 15) is 5.21 Å². The van der Waals surface area contributed by atoms with Gasteiger partial charge in [-0.15, -0.1) is 0 Å². The lowest BCUT2D eigenvalue weighted by molar-refractivity contribution is -0.875. The fourth-order valence-corrected chi connectivity index (χ4v) is 0.917. The Labute approximate surface area is 53.6 Å². The van der Waals surface area contributed by atoms with Crippen LogP contribution in [0, 0.1) is 5.21 Å². The van der Waals surface area contributed by atoms with Crippen LogP contribution >= 0.6 is 0 Å². The van der Waals surface area contributed by atoms with Crippen molar-refractivity contribution in [1.29, 1.82) is 0 Å². The Morgan fingerprint density at radius 1 is 1.78 bits per heavy atom. The standard InChI is InChI=1S/C5H11NO3/c7-3-1-5-6(8)2-4-9-5/h5-7H,1-4H2. The summed E-state index contributed by atoms with van der Waals surface area (Å²) in [6, 6.07) is 0. The Morgan fingerprint density at radius 2 is 2.56 bits per heavy atom. The summed E-state index contributed by atoms with van der Waals surface area (Å²) in [5.41, 5.74) is 0. The monoisotopic (exact) mass is 133 g/mol. The Morgan fingerprint density at radius 3 is 3.00 bits per heavy atom. The molecule has 2 atom stereocenters. The number of quaternary nitrogens is 1. The van der Waals surface area contributed by atoms with Crippen LogP contribution in [0.4, 0.5) is 0 Å². The molecule has 0 aromatic heterocycles. The largest absolute Gasteiger partial charge is 0.632 e. The van der Waals surface area contributed by atoms with Gasteiger partial charge in [0.1, 0.15) is 13.2 Å². The van der Waals surface area contributed by atoms with E-state index >= 15 is 0 Å². The summed E-state index contributed by atoms with van der Waals surface area (Å²) in [7, 11) is 0. The van der Waals surface area contributed by atoms with Crippen LogP contribution < -0.4 is 5.06 Å². The molecule has 4 heteroatoms. The van der Waals surface area contributed by atoms with Crippen LogP contribution in [-0.4, -0.2) is 31.1 Å². The van der Waals surface area contributed by atoms with Gasteiger partial charge in [-0.3, -0.25) is 0 Å². The molecule has 0 bridgehead atoms. The number of hydrogen-bond donors (Lipinski definition) is 2. The molecule has 1 fully saturated rings. The SMILES string of the molecule is [O-][NH+]1CCOC1CCO. The van der Waals surface area contributed by atoms with Gasteiger partial charge in [0.15, 0.2) is 6.23 Å². The van der Waals surface area contributed by atoms with Crippen LogP contribution in [0.25, 0.3) is 0 Å². The van der Waals surface area contributed by atoms with Crippen molar-refractivity contribution in [2.75, 3.05) is 19.8 Å². The maximum atomic E-state index is 10.7. The highest BCUT2D eigenvalue weighted by molar-refractivity contribution is 4.48. The lowest BCUT2D eigenvalue weighted by Gasteiger charge is -2.20. The number of aliphatic hydroxyl groups excluding tert-OH is 1. The summed E-state index contributed by atoms with van der Waals surface area (Å²) in [5.74, 6) is 0. The molecular weight excluding hydrogens is 122 g/mol. The minimum Gasteiger partial charge on any atom is -0.632 e. The maximum Gasteiger partial charge on any atom is 0.193 e. The minimum absolute atomic E-state index is 0.0381. The molecule has 1 rings (SSSR count). The van der Waals surface area contributed by atoms with E-state index in [1.807, 2.05) is 0 Å². The van der Waals surface area contributed by atoms with E-state index < -0.39 is 0 Å². The van der Waals surface area contributed by atoms with Gasteiger partial charge >= 0.3 is 0 Å². The zero-order valence-electron chi connectivity index (χ0n) is 5.17. The van der Waals surface area contributed by atoms with Crippen molar-refractivity contribution in [1.82, 2.24) is 0 Å². The Bertz CT molecular complexity index is 88.3. The third-order valence-electron chi connectivity index (χ3n) is 1.42. The van der Waals surface area contributed by atoms with Crippen LogP contribution in [0.15, 0.2) is 0 Å². The van der Waals surface area contributed by atoms with E-state index in [2.05, 4.69) is 0 Å². The molecule has 1 heterocycles. The average molecular weight is 133 g/mol. The number of aliphatic hydroxyl groups is 1. The second kappa shape index (κ2) is 3.12. The first-order valence-electron chi connectivity index (χ1n) is 3.10. The molecule has 4 nitrogen and oxygen atoms in total. The smallest absolute Gasteiger partial charge is 0.193 e. The van der Waals surface area contributed by atoms with E-state index in [1.165, 1.54) is 0 Å². The molecule has 0 saturated carbocycles. The number of hydroxylamine groups is 2. The van der Waals surface area contributed by atoms with Crippen LogP contribution in [0.2, 0.25) is 0 Å². The number of nitrogens with one attached hydrogen (secondary N) is 1. The molecule has 2 N–H and O–H groups in total. The summed E-state index contributed by atoms with van der Waals surface area (Å²) in [6.07, 6.45) is 0.147. The molecule has 0 spiro atoms. The highest BCUT2D eigenvalue weighted by Crippen LogP contribution is 1.92. The molecule has 0 aromatic rings. The lowest BCUT2D eigenvalue weighted by atomic mass is 10.4. The highest BCUT2D eigenvalue weighted by atomic mass is 16.6. The van der Waals surface area contributed by atoms with Gasteiger partial charge in [0.05, 0.1) is 6.61 Å². The number of hydrogen-bond acceptors (Lipinski definition) is 3. The van der Waals surface area contributed by atoms with Crippen molar-refractivity contribution < 1.29 is 14.9 Å². The van der Waals surface area contributed by atoms with E-state index in [0.717, 1.165) is 0 Å². The van der Waals surface area contributed by atoms with Crippen molar-refractivity contribution in [2.45, 2.75) is 12.6 Å². The zero-order valence-corrected chi connectivity index (χ0v) is 5.17. The van der Waals surface area contributed by atoms with Crippen molar-refractivity contribution >= 4 is 0 Å². The summed E-state index contributed by atoms with van der Waals surface area (Å²) in [6.45, 7) is 1.09. The average Bonchev–Trinajstić information content (AvgIpc) is 2.18. The molecule has 2 unspecified atom stereocenters. The summed E-state index contributed by atoms with van der Waals surface area (Å²) in [4.78, 5) is 0. The molecule has 54 valence electrons. The fourth-order valence-electron chi connectivity index (χ4n) is 0.917. The van der Waals surface area contributed by atoms with Gasteiger partial charge in [-0.2, -0.15) is 0 Å². The molecule has 1 aliphatic heterocycles. The third-order valence-corrected chi connectivity index (χ3v) is 1.42. The van der Waals surface area contributed by atoms with Crippen LogP contribution in [0.3, 0.4) is 0 Å². The zero-order chi connectivity index (χ0) is 6.69. The first-order chi connectivity index (χ1) is 4.34. The predicted octanol–water partition coefficient (Wildman–Crippen LogP) is -1.89. The van der Waals surface area contributed by atoms with Crippen LogP contribution in [0.1, 0.15) is 6.42 Å². The molecule has 0 radical (unpaired) electrons. The quantitative estimate of drug-likeness (QED) is 0.433. The topological polar surface area (TPSA) is 57.0 Å². The van der Waals surface area contributed by atoms with Crippen molar-refractivity contribution in [2.24, 2.45) is 0 Å². The molecule has 0 amide bonds. The lowest BCUT2D eigenvalue weighted by Crippen LogP contribution is -3.09. The number of ether oxygens (including phenoxy) is 1. The molecule has 1 aliphatic rings. The maximum absolute atomic E-state index is 10.7. The Balaban J connectivity index is 2.22. The van der Waals surface area contributed by atoms with Gasteiger partial charge in [0.25, 0.3) is 0 Å². The molecule has 0 aromatic carbocycles. The van der Waals surface area contributed by atoms with E-state index in [0.29, 0.717) is 19.6 Å². The van der Waals surface area contributed by atoms with Crippen molar-refractivity contribution in [3.05, 3.63) is 5.21 Å².